The van der Waals surface area contributed by atoms with E-state index < -0.39 is 21.8 Å². The standard InChI is InChI=1S/C10H20N2O5S/c1-12(7-4-9(13)17-2)18(15,16)11-8-10(14)5-3-6-10/h11,14H,3-8H2,1-2H3. The molecule has 0 aliphatic heterocycles. The lowest BCUT2D eigenvalue weighted by atomic mass is 9.81. The molecule has 1 aliphatic rings. The Bertz CT molecular complexity index is 391. The molecule has 0 spiro atoms. The Balaban J connectivity index is 2.39. The largest absolute Gasteiger partial charge is 0.469 e. The topological polar surface area (TPSA) is 95.9 Å². The van der Waals surface area contributed by atoms with Crippen LogP contribution in [-0.4, -0.2) is 56.6 Å². The van der Waals surface area contributed by atoms with Gasteiger partial charge in [-0.2, -0.15) is 17.4 Å². The molecule has 1 rings (SSSR count). The Morgan fingerprint density at radius 3 is 2.56 bits per heavy atom. The zero-order valence-electron chi connectivity index (χ0n) is 10.7. The van der Waals surface area contributed by atoms with Crippen LogP contribution >= 0.6 is 0 Å². The maximum Gasteiger partial charge on any atom is 0.306 e. The second kappa shape index (κ2) is 5.96. The highest BCUT2D eigenvalue weighted by Gasteiger charge is 2.35. The normalized spacial score (nSPS) is 18.4. The number of carbonyl (C=O) groups excluding carboxylic acids is 1. The van der Waals surface area contributed by atoms with Gasteiger partial charge in [-0.15, -0.1) is 0 Å². The summed E-state index contributed by atoms with van der Waals surface area (Å²) >= 11 is 0. The van der Waals surface area contributed by atoms with Gasteiger partial charge in [-0.05, 0) is 19.3 Å². The molecule has 0 aromatic carbocycles. The minimum Gasteiger partial charge on any atom is -0.469 e. The third-order valence-electron chi connectivity index (χ3n) is 3.14. The summed E-state index contributed by atoms with van der Waals surface area (Å²) in [5, 5.41) is 9.79. The lowest BCUT2D eigenvalue weighted by Gasteiger charge is -2.36. The number of hydrogen-bond acceptors (Lipinski definition) is 5. The van der Waals surface area contributed by atoms with Crippen LogP contribution in [-0.2, 0) is 19.7 Å². The SMILES string of the molecule is COC(=O)CCN(C)S(=O)(=O)NCC1(O)CCC1. The summed E-state index contributed by atoms with van der Waals surface area (Å²) in [6, 6.07) is 0. The monoisotopic (exact) mass is 280 g/mol. The molecule has 106 valence electrons. The molecule has 1 aliphatic carbocycles. The van der Waals surface area contributed by atoms with Crippen LogP contribution in [0.15, 0.2) is 0 Å². The van der Waals surface area contributed by atoms with E-state index in [4.69, 9.17) is 0 Å². The van der Waals surface area contributed by atoms with Gasteiger partial charge in [0.1, 0.15) is 0 Å². The van der Waals surface area contributed by atoms with Gasteiger partial charge in [-0.25, -0.2) is 0 Å². The van der Waals surface area contributed by atoms with Crippen LogP contribution in [0.2, 0.25) is 0 Å². The van der Waals surface area contributed by atoms with Gasteiger partial charge in [0.2, 0.25) is 0 Å². The van der Waals surface area contributed by atoms with Crippen molar-refractivity contribution in [2.45, 2.75) is 31.3 Å². The number of nitrogens with zero attached hydrogens (tertiary/aromatic N) is 1. The molecule has 0 radical (unpaired) electrons. The average Bonchev–Trinajstić information content (AvgIpc) is 2.30. The van der Waals surface area contributed by atoms with E-state index in [-0.39, 0.29) is 19.5 Å². The van der Waals surface area contributed by atoms with Gasteiger partial charge in [0.25, 0.3) is 10.2 Å². The highest BCUT2D eigenvalue weighted by atomic mass is 32.2. The van der Waals surface area contributed by atoms with Crippen LogP contribution in [0.5, 0.6) is 0 Å². The number of hydrogen-bond donors (Lipinski definition) is 2. The van der Waals surface area contributed by atoms with Gasteiger partial charge in [0.15, 0.2) is 0 Å². The highest BCUT2D eigenvalue weighted by molar-refractivity contribution is 7.87. The molecule has 7 nitrogen and oxygen atoms in total. The summed E-state index contributed by atoms with van der Waals surface area (Å²) in [6.07, 6.45) is 2.14. The van der Waals surface area contributed by atoms with E-state index in [2.05, 4.69) is 9.46 Å². The van der Waals surface area contributed by atoms with Gasteiger partial charge < -0.3 is 9.84 Å². The van der Waals surface area contributed by atoms with E-state index in [1.807, 2.05) is 0 Å². The fourth-order valence-electron chi connectivity index (χ4n) is 1.57. The summed E-state index contributed by atoms with van der Waals surface area (Å²) < 4.78 is 31.3. The molecule has 0 aromatic heterocycles. The molecule has 0 heterocycles. The van der Waals surface area contributed by atoms with Crippen molar-refractivity contribution in [2.24, 2.45) is 0 Å². The van der Waals surface area contributed by atoms with Crippen molar-refractivity contribution in [3.8, 4) is 0 Å². The highest BCUT2D eigenvalue weighted by Crippen LogP contribution is 2.30. The minimum absolute atomic E-state index is 0.00181. The first kappa shape index (κ1) is 15.4. The van der Waals surface area contributed by atoms with E-state index in [1.54, 1.807) is 0 Å². The molecule has 0 unspecified atom stereocenters. The number of nitrogens with one attached hydrogen (secondary N) is 1. The van der Waals surface area contributed by atoms with Crippen molar-refractivity contribution < 1.29 is 23.1 Å². The van der Waals surface area contributed by atoms with Crippen LogP contribution in [0.4, 0.5) is 0 Å². The van der Waals surface area contributed by atoms with Crippen LogP contribution in [0, 0.1) is 0 Å². The molecule has 8 heteroatoms. The van der Waals surface area contributed by atoms with Crippen LogP contribution < -0.4 is 4.72 Å². The second-order valence-corrected chi connectivity index (χ2v) is 6.41. The Morgan fingerprint density at radius 1 is 1.50 bits per heavy atom. The number of methoxy groups -OCH3 is 1. The molecule has 0 bridgehead atoms. The van der Waals surface area contributed by atoms with E-state index in [0.29, 0.717) is 12.8 Å². The van der Waals surface area contributed by atoms with E-state index in [0.717, 1.165) is 10.7 Å². The first-order valence-corrected chi connectivity index (χ1v) is 7.23. The van der Waals surface area contributed by atoms with E-state index in [1.165, 1.54) is 14.2 Å². The number of aliphatic hydroxyl groups is 1. The number of carbonyl (C=O) groups is 1. The zero-order valence-corrected chi connectivity index (χ0v) is 11.5. The Morgan fingerprint density at radius 2 is 2.11 bits per heavy atom. The first-order valence-electron chi connectivity index (χ1n) is 5.79. The number of ether oxygens (including phenoxy) is 1. The van der Waals surface area contributed by atoms with Gasteiger partial charge in [0, 0.05) is 20.1 Å². The molecular formula is C10H20N2O5S. The third-order valence-corrected chi connectivity index (χ3v) is 4.65. The molecule has 1 fully saturated rings. The molecule has 18 heavy (non-hydrogen) atoms. The van der Waals surface area contributed by atoms with Crippen LogP contribution in [0.25, 0.3) is 0 Å². The van der Waals surface area contributed by atoms with Crippen LogP contribution in [0.3, 0.4) is 0 Å². The molecule has 0 aromatic rings. The molecule has 0 atom stereocenters. The zero-order chi connectivity index (χ0) is 13.8. The quantitative estimate of drug-likeness (QED) is 0.597. The van der Waals surface area contributed by atoms with Crippen molar-refractivity contribution in [3.05, 3.63) is 0 Å². The maximum atomic E-state index is 11.8. The molecule has 2 N–H and O–H groups in total. The lowest BCUT2D eigenvalue weighted by molar-refractivity contribution is -0.140. The van der Waals surface area contributed by atoms with Gasteiger partial charge in [-0.3, -0.25) is 4.79 Å². The molecular weight excluding hydrogens is 260 g/mol. The number of rotatable bonds is 7. The predicted molar refractivity (Wildman–Crippen MR) is 65.0 cm³/mol. The fourth-order valence-corrected chi connectivity index (χ4v) is 2.57. The van der Waals surface area contributed by atoms with Crippen LogP contribution in [0.1, 0.15) is 25.7 Å². The smallest absolute Gasteiger partial charge is 0.306 e. The van der Waals surface area contributed by atoms with Crippen molar-refractivity contribution in [2.75, 3.05) is 27.2 Å². The summed E-state index contributed by atoms with van der Waals surface area (Å²) in [6.45, 7) is 0.0539. The van der Waals surface area contributed by atoms with Crippen molar-refractivity contribution in [3.63, 3.8) is 0 Å². The van der Waals surface area contributed by atoms with Gasteiger partial charge in [-0.1, -0.05) is 0 Å². The fraction of sp³-hybridized carbons (Fsp3) is 0.900. The second-order valence-electron chi connectivity index (χ2n) is 4.55. The number of esters is 1. The van der Waals surface area contributed by atoms with Gasteiger partial charge in [0.05, 0.1) is 19.1 Å². The van der Waals surface area contributed by atoms with E-state index >= 15 is 0 Å². The van der Waals surface area contributed by atoms with Crippen molar-refractivity contribution in [1.82, 2.24) is 9.03 Å². The van der Waals surface area contributed by atoms with Crippen molar-refractivity contribution >= 4 is 16.2 Å². The maximum absolute atomic E-state index is 11.8. The average molecular weight is 280 g/mol. The lowest BCUT2D eigenvalue weighted by Crippen LogP contribution is -2.50. The summed E-state index contributed by atoms with van der Waals surface area (Å²) in [5.41, 5.74) is -0.906. The summed E-state index contributed by atoms with van der Waals surface area (Å²) in [5.74, 6) is -0.463. The Hall–Kier alpha value is -0.700. The summed E-state index contributed by atoms with van der Waals surface area (Å²) in [7, 11) is -1.04. The molecule has 0 saturated heterocycles. The minimum atomic E-state index is -3.66. The molecule has 1 saturated carbocycles. The first-order chi connectivity index (χ1) is 8.29. The van der Waals surface area contributed by atoms with E-state index in [9.17, 15) is 18.3 Å². The summed E-state index contributed by atoms with van der Waals surface area (Å²) in [4.78, 5) is 10.9. The predicted octanol–water partition coefficient (Wildman–Crippen LogP) is -0.769. The Labute approximate surface area is 107 Å². The molecule has 0 amide bonds. The third kappa shape index (κ3) is 4.20. The van der Waals surface area contributed by atoms with Crippen molar-refractivity contribution in [1.29, 1.82) is 0 Å². The Kier molecular flexibility index (Phi) is 5.09. The van der Waals surface area contributed by atoms with Gasteiger partial charge >= 0.3 is 5.97 Å².